The minimum atomic E-state index is -2.25. The molecule has 144 valence electrons. The standard InChI is InChI=1S/C26H25OSSi/c1-29(2,27)26-19-15-22(16-20-26)21-13-17-25(18-14-21)28(23-9-5-3-6-10-23)24-11-7-4-8-12-24/h3-20,27H,1-2H3/q+1. The Morgan fingerprint density at radius 3 is 1.31 bits per heavy atom. The summed E-state index contributed by atoms with van der Waals surface area (Å²) in [5.41, 5.74) is 2.38. The van der Waals surface area contributed by atoms with Crippen LogP contribution >= 0.6 is 0 Å². The van der Waals surface area contributed by atoms with E-state index in [0.717, 1.165) is 5.19 Å². The summed E-state index contributed by atoms with van der Waals surface area (Å²) in [6, 6.07) is 38.7. The highest BCUT2D eigenvalue weighted by molar-refractivity contribution is 7.97. The fraction of sp³-hybridized carbons (Fsp3) is 0.0769. The van der Waals surface area contributed by atoms with Crippen molar-refractivity contribution in [3.05, 3.63) is 109 Å². The van der Waals surface area contributed by atoms with Crippen molar-refractivity contribution < 1.29 is 4.80 Å². The normalized spacial score (nSPS) is 11.6. The predicted octanol–water partition coefficient (Wildman–Crippen LogP) is 5.85. The topological polar surface area (TPSA) is 20.2 Å². The molecule has 0 saturated heterocycles. The maximum atomic E-state index is 10.3. The van der Waals surface area contributed by atoms with E-state index in [1.54, 1.807) is 0 Å². The van der Waals surface area contributed by atoms with Crippen LogP contribution in [0.15, 0.2) is 124 Å². The molecule has 0 bridgehead atoms. The number of benzene rings is 4. The SMILES string of the molecule is C[Si](C)(O)c1ccc(-c2ccc([S+](c3ccccc3)c3ccccc3)cc2)cc1. The van der Waals surface area contributed by atoms with Crippen LogP contribution in [0.25, 0.3) is 11.1 Å². The van der Waals surface area contributed by atoms with Gasteiger partial charge in [-0.15, -0.1) is 0 Å². The summed E-state index contributed by atoms with van der Waals surface area (Å²) in [5.74, 6) is 0. The highest BCUT2D eigenvalue weighted by Crippen LogP contribution is 2.32. The summed E-state index contributed by atoms with van der Waals surface area (Å²) in [6.45, 7) is 3.90. The average molecular weight is 414 g/mol. The van der Waals surface area contributed by atoms with Gasteiger partial charge in [0, 0.05) is 0 Å². The van der Waals surface area contributed by atoms with Crippen LogP contribution in [0, 0.1) is 0 Å². The van der Waals surface area contributed by atoms with Crippen LogP contribution in [0.1, 0.15) is 0 Å². The Hall–Kier alpha value is -2.59. The van der Waals surface area contributed by atoms with Gasteiger partial charge in [-0.25, -0.2) is 0 Å². The van der Waals surface area contributed by atoms with E-state index in [2.05, 4.69) is 109 Å². The van der Waals surface area contributed by atoms with E-state index >= 15 is 0 Å². The first kappa shape index (κ1) is 19.7. The molecule has 0 saturated carbocycles. The molecule has 0 spiro atoms. The molecule has 0 aliphatic heterocycles. The fourth-order valence-electron chi connectivity index (χ4n) is 3.38. The molecular weight excluding hydrogens is 388 g/mol. The second-order valence-electron chi connectivity index (χ2n) is 7.59. The van der Waals surface area contributed by atoms with Crippen molar-refractivity contribution in [3.8, 4) is 11.1 Å². The van der Waals surface area contributed by atoms with E-state index in [-0.39, 0.29) is 10.9 Å². The summed E-state index contributed by atoms with van der Waals surface area (Å²) in [6.07, 6.45) is 0. The van der Waals surface area contributed by atoms with Gasteiger partial charge in [-0.1, -0.05) is 60.7 Å². The van der Waals surface area contributed by atoms with Gasteiger partial charge in [0.25, 0.3) is 0 Å². The van der Waals surface area contributed by atoms with E-state index < -0.39 is 8.32 Å². The molecule has 0 radical (unpaired) electrons. The zero-order valence-electron chi connectivity index (χ0n) is 16.7. The summed E-state index contributed by atoms with van der Waals surface area (Å²) < 4.78 is 0. The van der Waals surface area contributed by atoms with Crippen LogP contribution in [0.2, 0.25) is 13.1 Å². The lowest BCUT2D eigenvalue weighted by Gasteiger charge is -2.15. The molecular formula is C26H25OSSi+. The Morgan fingerprint density at radius 1 is 0.517 bits per heavy atom. The van der Waals surface area contributed by atoms with Crippen LogP contribution in [0.4, 0.5) is 0 Å². The summed E-state index contributed by atoms with van der Waals surface area (Å²) in [4.78, 5) is 14.3. The molecule has 4 rings (SSSR count). The predicted molar refractivity (Wildman–Crippen MR) is 126 cm³/mol. The van der Waals surface area contributed by atoms with Gasteiger partial charge in [-0.3, -0.25) is 0 Å². The molecule has 1 nitrogen and oxygen atoms in total. The zero-order valence-corrected chi connectivity index (χ0v) is 18.6. The van der Waals surface area contributed by atoms with Crippen molar-refractivity contribution in [2.24, 2.45) is 0 Å². The monoisotopic (exact) mass is 413 g/mol. The van der Waals surface area contributed by atoms with Crippen LogP contribution < -0.4 is 5.19 Å². The molecule has 0 fully saturated rings. The van der Waals surface area contributed by atoms with E-state index in [0.29, 0.717) is 0 Å². The van der Waals surface area contributed by atoms with Gasteiger partial charge in [0.2, 0.25) is 8.32 Å². The van der Waals surface area contributed by atoms with Crippen LogP contribution in [-0.2, 0) is 10.9 Å². The maximum Gasteiger partial charge on any atom is 0.213 e. The lowest BCUT2D eigenvalue weighted by molar-refractivity contribution is 0.568. The molecule has 0 unspecified atom stereocenters. The minimum absolute atomic E-state index is 0.122. The van der Waals surface area contributed by atoms with Crippen molar-refractivity contribution in [3.63, 3.8) is 0 Å². The van der Waals surface area contributed by atoms with Crippen molar-refractivity contribution in [1.29, 1.82) is 0 Å². The molecule has 0 amide bonds. The van der Waals surface area contributed by atoms with E-state index in [9.17, 15) is 4.80 Å². The zero-order chi connectivity index (χ0) is 20.3. The molecule has 0 aromatic heterocycles. The van der Waals surface area contributed by atoms with Gasteiger partial charge in [-0.05, 0) is 77.9 Å². The summed E-state index contributed by atoms with van der Waals surface area (Å²) >= 11 is 0. The third-order valence-corrected chi connectivity index (χ3v) is 8.95. The van der Waals surface area contributed by atoms with Gasteiger partial charge in [0.1, 0.15) is 0 Å². The van der Waals surface area contributed by atoms with E-state index in [1.807, 2.05) is 13.1 Å². The van der Waals surface area contributed by atoms with Gasteiger partial charge in [0.15, 0.2) is 14.7 Å². The molecule has 0 aliphatic carbocycles. The molecule has 3 heteroatoms. The quantitative estimate of drug-likeness (QED) is 0.321. The second kappa shape index (κ2) is 8.42. The number of rotatable bonds is 5. The number of hydrogen-bond donors (Lipinski definition) is 1. The maximum absolute atomic E-state index is 10.3. The first-order valence-electron chi connectivity index (χ1n) is 9.80. The first-order valence-corrected chi connectivity index (χ1v) is 14.0. The van der Waals surface area contributed by atoms with Crippen LogP contribution in [0.3, 0.4) is 0 Å². The Kier molecular flexibility index (Phi) is 5.72. The number of hydrogen-bond acceptors (Lipinski definition) is 1. The smallest absolute Gasteiger partial charge is 0.213 e. The van der Waals surface area contributed by atoms with E-state index in [1.165, 1.54) is 25.8 Å². The fourth-order valence-corrected chi connectivity index (χ4v) is 6.44. The van der Waals surface area contributed by atoms with Crippen LogP contribution in [0.5, 0.6) is 0 Å². The van der Waals surface area contributed by atoms with Crippen molar-refractivity contribution in [2.75, 3.05) is 0 Å². The van der Waals surface area contributed by atoms with Gasteiger partial charge in [0.05, 0.1) is 10.9 Å². The highest BCUT2D eigenvalue weighted by atomic mass is 32.2. The van der Waals surface area contributed by atoms with Gasteiger partial charge < -0.3 is 4.80 Å². The van der Waals surface area contributed by atoms with Gasteiger partial charge in [-0.2, -0.15) is 0 Å². The Labute approximate surface area is 177 Å². The Morgan fingerprint density at radius 2 is 0.897 bits per heavy atom. The molecule has 4 aromatic rings. The molecule has 0 heterocycles. The van der Waals surface area contributed by atoms with E-state index in [4.69, 9.17) is 0 Å². The second-order valence-corrected chi connectivity index (χ2v) is 13.3. The summed E-state index contributed by atoms with van der Waals surface area (Å²) in [5, 5.41) is 1.06. The first-order chi connectivity index (χ1) is 14.0. The van der Waals surface area contributed by atoms with Crippen molar-refractivity contribution in [1.82, 2.24) is 0 Å². The largest absolute Gasteiger partial charge is 0.428 e. The van der Waals surface area contributed by atoms with Gasteiger partial charge >= 0.3 is 0 Å². The Balaban J connectivity index is 1.68. The average Bonchev–Trinajstić information content (AvgIpc) is 2.76. The molecule has 0 atom stereocenters. The molecule has 29 heavy (non-hydrogen) atoms. The lowest BCUT2D eigenvalue weighted by Crippen LogP contribution is -2.41. The van der Waals surface area contributed by atoms with Crippen molar-refractivity contribution >= 4 is 24.4 Å². The Bertz CT molecular complexity index is 1010. The molecule has 4 aromatic carbocycles. The van der Waals surface area contributed by atoms with Crippen molar-refractivity contribution in [2.45, 2.75) is 27.8 Å². The highest BCUT2D eigenvalue weighted by Gasteiger charge is 2.28. The molecule has 1 N–H and O–H groups in total. The molecule has 0 aliphatic rings. The third kappa shape index (κ3) is 4.53. The van der Waals surface area contributed by atoms with Crippen LogP contribution in [-0.4, -0.2) is 13.1 Å². The lowest BCUT2D eigenvalue weighted by atomic mass is 10.1. The summed E-state index contributed by atoms with van der Waals surface area (Å²) in [7, 11) is -2.38. The minimum Gasteiger partial charge on any atom is -0.428 e. The third-order valence-electron chi connectivity index (χ3n) is 4.97.